The van der Waals surface area contributed by atoms with Crippen LogP contribution in [0, 0.1) is 0 Å². The maximum atomic E-state index is 12.1. The number of aromatic nitrogens is 3. The van der Waals surface area contributed by atoms with Crippen molar-refractivity contribution in [2.75, 3.05) is 48.5 Å². The van der Waals surface area contributed by atoms with E-state index in [1.807, 2.05) is 12.1 Å². The minimum atomic E-state index is -0.415. The standard InChI is InChI=1S/C24H27N7O3/c1-33-21(32)19-9-3-2-8-18(19)20-11-10-17(34-20)16-25-29-22-26-23(30-12-4-5-13-30)28-24(27-22)31-14-6-7-15-31/h2-3,8-11,16H,4-7,12-15H2,1H3,(H,26,27,28,29). The second-order valence-corrected chi connectivity index (χ2v) is 8.26. The van der Waals surface area contributed by atoms with E-state index in [1.165, 1.54) is 7.11 Å². The van der Waals surface area contributed by atoms with Gasteiger partial charge in [0.2, 0.25) is 17.8 Å². The van der Waals surface area contributed by atoms with E-state index in [2.05, 4.69) is 30.3 Å². The molecule has 3 aromatic rings. The van der Waals surface area contributed by atoms with Gasteiger partial charge in [-0.1, -0.05) is 18.2 Å². The van der Waals surface area contributed by atoms with Crippen LogP contribution in [0.5, 0.6) is 0 Å². The average Bonchev–Trinajstić information content (AvgIpc) is 3.66. The number of hydrogen-bond donors (Lipinski definition) is 1. The monoisotopic (exact) mass is 461 g/mol. The van der Waals surface area contributed by atoms with Gasteiger partial charge in [-0.05, 0) is 43.9 Å². The number of nitrogens with zero attached hydrogens (tertiary/aromatic N) is 6. The summed E-state index contributed by atoms with van der Waals surface area (Å²) in [5, 5.41) is 4.28. The van der Waals surface area contributed by atoms with E-state index >= 15 is 0 Å². The van der Waals surface area contributed by atoms with Crippen molar-refractivity contribution in [2.45, 2.75) is 25.7 Å². The minimum absolute atomic E-state index is 0.401. The molecule has 2 saturated heterocycles. The van der Waals surface area contributed by atoms with E-state index < -0.39 is 5.97 Å². The Morgan fingerprint density at radius 2 is 1.62 bits per heavy atom. The fourth-order valence-electron chi connectivity index (χ4n) is 4.23. The SMILES string of the molecule is COC(=O)c1ccccc1-c1ccc(C=NNc2nc(N3CCCC3)nc(N3CCCC3)n2)o1. The number of furan rings is 1. The van der Waals surface area contributed by atoms with Crippen LogP contribution in [0.15, 0.2) is 45.9 Å². The predicted molar refractivity (Wildman–Crippen MR) is 129 cm³/mol. The fraction of sp³-hybridized carbons (Fsp3) is 0.375. The first-order valence-electron chi connectivity index (χ1n) is 11.5. The topological polar surface area (TPSA) is 109 Å². The summed E-state index contributed by atoms with van der Waals surface area (Å²) in [6.45, 7) is 3.81. The molecule has 2 aromatic heterocycles. The Labute approximate surface area is 197 Å². The molecule has 2 fully saturated rings. The molecule has 0 radical (unpaired) electrons. The molecule has 1 N–H and O–H groups in total. The van der Waals surface area contributed by atoms with Gasteiger partial charge in [0.05, 0.1) is 18.9 Å². The maximum absolute atomic E-state index is 12.1. The highest BCUT2D eigenvalue weighted by atomic mass is 16.5. The van der Waals surface area contributed by atoms with Gasteiger partial charge in [-0.15, -0.1) is 0 Å². The van der Waals surface area contributed by atoms with Crippen LogP contribution in [0.1, 0.15) is 41.8 Å². The molecule has 0 spiro atoms. The first kappa shape index (κ1) is 21.9. The van der Waals surface area contributed by atoms with Crippen molar-refractivity contribution in [2.24, 2.45) is 5.10 Å². The molecule has 1 aromatic carbocycles. The van der Waals surface area contributed by atoms with Crippen LogP contribution in [0.2, 0.25) is 0 Å². The molecule has 34 heavy (non-hydrogen) atoms. The van der Waals surface area contributed by atoms with Crippen LogP contribution < -0.4 is 15.2 Å². The van der Waals surface area contributed by atoms with Crippen molar-refractivity contribution in [3.63, 3.8) is 0 Å². The van der Waals surface area contributed by atoms with Crippen molar-refractivity contribution in [3.8, 4) is 11.3 Å². The Kier molecular flexibility index (Phi) is 6.37. The maximum Gasteiger partial charge on any atom is 0.338 e. The van der Waals surface area contributed by atoms with Gasteiger partial charge in [-0.2, -0.15) is 20.1 Å². The van der Waals surface area contributed by atoms with Crippen LogP contribution in [-0.4, -0.2) is 60.4 Å². The molecule has 2 aliphatic heterocycles. The molecule has 0 amide bonds. The smallest absolute Gasteiger partial charge is 0.338 e. The van der Waals surface area contributed by atoms with Crippen molar-refractivity contribution >= 4 is 30.0 Å². The number of methoxy groups -OCH3 is 1. The lowest BCUT2D eigenvalue weighted by Gasteiger charge is -2.20. The summed E-state index contributed by atoms with van der Waals surface area (Å²) in [6, 6.07) is 10.7. The van der Waals surface area contributed by atoms with Gasteiger partial charge in [0, 0.05) is 31.7 Å². The van der Waals surface area contributed by atoms with E-state index in [9.17, 15) is 4.79 Å². The molecule has 0 saturated carbocycles. The molecule has 4 heterocycles. The zero-order valence-electron chi connectivity index (χ0n) is 19.1. The van der Waals surface area contributed by atoms with Crippen molar-refractivity contribution in [1.82, 2.24) is 15.0 Å². The van der Waals surface area contributed by atoms with Crippen LogP contribution in [0.3, 0.4) is 0 Å². The summed E-state index contributed by atoms with van der Waals surface area (Å²) < 4.78 is 10.8. The highest BCUT2D eigenvalue weighted by Crippen LogP contribution is 2.26. The first-order chi connectivity index (χ1) is 16.7. The summed E-state index contributed by atoms with van der Waals surface area (Å²) in [5.74, 6) is 2.43. The van der Waals surface area contributed by atoms with Crippen molar-refractivity contribution < 1.29 is 13.9 Å². The Hall–Kier alpha value is -3.95. The molecule has 0 aliphatic carbocycles. The van der Waals surface area contributed by atoms with Gasteiger partial charge in [0.25, 0.3) is 0 Å². The normalized spacial score (nSPS) is 15.9. The number of carbonyl (C=O) groups excluding carboxylic acids is 1. The lowest BCUT2D eigenvalue weighted by Crippen LogP contribution is -2.25. The second-order valence-electron chi connectivity index (χ2n) is 8.26. The molecule has 10 nitrogen and oxygen atoms in total. The number of rotatable bonds is 7. The number of ether oxygens (including phenoxy) is 1. The van der Waals surface area contributed by atoms with E-state index in [0.29, 0.717) is 40.5 Å². The summed E-state index contributed by atoms with van der Waals surface area (Å²) in [6.07, 6.45) is 6.13. The minimum Gasteiger partial charge on any atom is -0.465 e. The molecule has 2 aliphatic rings. The number of hydrazone groups is 1. The van der Waals surface area contributed by atoms with Crippen molar-refractivity contribution in [3.05, 3.63) is 47.7 Å². The zero-order valence-corrected chi connectivity index (χ0v) is 19.1. The van der Waals surface area contributed by atoms with Gasteiger partial charge >= 0.3 is 5.97 Å². The molecular weight excluding hydrogens is 434 g/mol. The molecule has 0 bridgehead atoms. The van der Waals surface area contributed by atoms with Gasteiger partial charge in [-0.3, -0.25) is 0 Å². The quantitative estimate of drug-likeness (QED) is 0.321. The summed E-state index contributed by atoms with van der Waals surface area (Å²) in [5.41, 5.74) is 4.03. The molecule has 176 valence electrons. The van der Waals surface area contributed by atoms with E-state index in [1.54, 1.807) is 30.5 Å². The number of esters is 1. The number of anilines is 3. The van der Waals surface area contributed by atoms with Gasteiger partial charge in [0.15, 0.2) is 0 Å². The first-order valence-corrected chi connectivity index (χ1v) is 11.5. The second kappa shape index (κ2) is 9.90. The summed E-state index contributed by atoms with van der Waals surface area (Å²) in [4.78, 5) is 30.3. The molecule has 5 rings (SSSR count). The lowest BCUT2D eigenvalue weighted by atomic mass is 10.1. The molecule has 0 atom stereocenters. The molecule has 10 heteroatoms. The molecule has 0 unspecified atom stereocenters. The van der Waals surface area contributed by atoms with Gasteiger partial charge in [0.1, 0.15) is 11.5 Å². The highest BCUT2D eigenvalue weighted by Gasteiger charge is 2.21. The van der Waals surface area contributed by atoms with Gasteiger partial charge < -0.3 is 19.0 Å². The number of hydrogen-bond acceptors (Lipinski definition) is 10. The third-order valence-electron chi connectivity index (χ3n) is 5.97. The zero-order chi connectivity index (χ0) is 23.3. The van der Waals surface area contributed by atoms with Crippen LogP contribution in [-0.2, 0) is 4.74 Å². The Bertz CT molecular complexity index is 1150. The van der Waals surface area contributed by atoms with E-state index in [4.69, 9.17) is 14.1 Å². The number of benzene rings is 1. The van der Waals surface area contributed by atoms with E-state index in [0.717, 1.165) is 51.9 Å². The Morgan fingerprint density at radius 1 is 0.971 bits per heavy atom. The fourth-order valence-corrected chi connectivity index (χ4v) is 4.23. The predicted octanol–water partition coefficient (Wildman–Crippen LogP) is 3.56. The highest BCUT2D eigenvalue weighted by molar-refractivity contribution is 5.96. The van der Waals surface area contributed by atoms with Crippen LogP contribution >= 0.6 is 0 Å². The summed E-state index contributed by atoms with van der Waals surface area (Å²) >= 11 is 0. The van der Waals surface area contributed by atoms with Crippen LogP contribution in [0.25, 0.3) is 11.3 Å². The number of nitrogens with one attached hydrogen (secondary N) is 1. The largest absolute Gasteiger partial charge is 0.465 e. The van der Waals surface area contributed by atoms with Crippen LogP contribution in [0.4, 0.5) is 17.8 Å². The van der Waals surface area contributed by atoms with Gasteiger partial charge in [-0.25, -0.2) is 10.2 Å². The Morgan fingerprint density at radius 3 is 2.26 bits per heavy atom. The lowest BCUT2D eigenvalue weighted by molar-refractivity contribution is 0.0601. The molecular formula is C24H27N7O3. The number of carbonyl (C=O) groups is 1. The summed E-state index contributed by atoms with van der Waals surface area (Å²) in [7, 11) is 1.36. The van der Waals surface area contributed by atoms with E-state index in [-0.39, 0.29) is 0 Å². The van der Waals surface area contributed by atoms with Crippen molar-refractivity contribution in [1.29, 1.82) is 0 Å². The third-order valence-corrected chi connectivity index (χ3v) is 5.97. The third kappa shape index (κ3) is 4.70. The Balaban J connectivity index is 1.34. The average molecular weight is 462 g/mol.